The molecule has 0 amide bonds. The van der Waals surface area contributed by atoms with E-state index in [9.17, 15) is 5.11 Å². The lowest BCUT2D eigenvalue weighted by atomic mass is 10.2. The number of aliphatic hydroxyl groups is 1. The van der Waals surface area contributed by atoms with Gasteiger partial charge in [-0.2, -0.15) is 0 Å². The van der Waals surface area contributed by atoms with Crippen LogP contribution >= 0.6 is 0 Å². The van der Waals surface area contributed by atoms with Gasteiger partial charge in [-0.05, 0) is 31.2 Å². The number of furan rings is 2. The Balaban J connectivity index is 1.78. The molecule has 0 bridgehead atoms. The molecule has 0 aliphatic rings. The summed E-state index contributed by atoms with van der Waals surface area (Å²) in [6.45, 7) is 2.89. The summed E-state index contributed by atoms with van der Waals surface area (Å²) in [6.07, 6.45) is 1.01. The number of nitrogens with one attached hydrogen (secondary N) is 1. The van der Waals surface area contributed by atoms with Crippen LogP contribution < -0.4 is 5.32 Å². The second-order valence-electron chi connectivity index (χ2n) is 3.67. The maximum Gasteiger partial charge on any atom is 0.133 e. The Morgan fingerprint density at radius 2 is 2.25 bits per heavy atom. The third-order valence-electron chi connectivity index (χ3n) is 2.31. The van der Waals surface area contributed by atoms with Crippen molar-refractivity contribution in [3.8, 4) is 0 Å². The van der Waals surface area contributed by atoms with E-state index in [0.29, 0.717) is 18.8 Å². The molecule has 1 atom stereocenters. The van der Waals surface area contributed by atoms with Crippen molar-refractivity contribution in [3.63, 3.8) is 0 Å². The van der Waals surface area contributed by atoms with Crippen molar-refractivity contribution in [2.24, 2.45) is 0 Å². The van der Waals surface area contributed by atoms with E-state index in [0.717, 1.165) is 11.5 Å². The number of rotatable bonds is 5. The Morgan fingerprint density at radius 3 is 2.88 bits per heavy atom. The highest BCUT2D eigenvalue weighted by Crippen LogP contribution is 2.15. The number of hydrogen-bond donors (Lipinski definition) is 2. The summed E-state index contributed by atoms with van der Waals surface area (Å²) in [5.41, 5.74) is 0. The fraction of sp³-hybridized carbons (Fsp3) is 0.333. The molecular weight excluding hydrogens is 206 g/mol. The topological polar surface area (TPSA) is 58.5 Å². The SMILES string of the molecule is Cc1ccc(C(O)CNCc2ccco2)o1. The van der Waals surface area contributed by atoms with Crippen LogP contribution in [0, 0.1) is 6.92 Å². The Hall–Kier alpha value is -1.52. The van der Waals surface area contributed by atoms with Gasteiger partial charge in [0.2, 0.25) is 0 Å². The van der Waals surface area contributed by atoms with Gasteiger partial charge in [-0.1, -0.05) is 0 Å². The average Bonchev–Trinajstić information content (AvgIpc) is 2.89. The largest absolute Gasteiger partial charge is 0.468 e. The lowest BCUT2D eigenvalue weighted by molar-refractivity contribution is 0.145. The van der Waals surface area contributed by atoms with Gasteiger partial charge in [0.05, 0.1) is 12.8 Å². The Kier molecular flexibility index (Phi) is 3.44. The minimum absolute atomic E-state index is 0.438. The molecule has 0 aromatic carbocycles. The zero-order valence-corrected chi connectivity index (χ0v) is 9.14. The fourth-order valence-corrected chi connectivity index (χ4v) is 1.48. The molecular formula is C12H15NO3. The summed E-state index contributed by atoms with van der Waals surface area (Å²) in [6, 6.07) is 7.35. The van der Waals surface area contributed by atoms with Crippen molar-refractivity contribution in [3.05, 3.63) is 47.8 Å². The van der Waals surface area contributed by atoms with Gasteiger partial charge in [0.15, 0.2) is 0 Å². The number of aliphatic hydroxyl groups excluding tert-OH is 1. The monoisotopic (exact) mass is 221 g/mol. The molecule has 0 fully saturated rings. The molecule has 4 nitrogen and oxygen atoms in total. The maximum atomic E-state index is 9.78. The third-order valence-corrected chi connectivity index (χ3v) is 2.31. The van der Waals surface area contributed by atoms with Crippen molar-refractivity contribution in [1.29, 1.82) is 0 Å². The Morgan fingerprint density at radius 1 is 1.38 bits per heavy atom. The van der Waals surface area contributed by atoms with Crippen LogP contribution in [0.5, 0.6) is 0 Å². The van der Waals surface area contributed by atoms with E-state index >= 15 is 0 Å². The zero-order valence-electron chi connectivity index (χ0n) is 9.14. The summed E-state index contributed by atoms with van der Waals surface area (Å²) in [7, 11) is 0. The lowest BCUT2D eigenvalue weighted by Gasteiger charge is -2.08. The summed E-state index contributed by atoms with van der Waals surface area (Å²) in [4.78, 5) is 0. The highest BCUT2D eigenvalue weighted by molar-refractivity contribution is 5.08. The smallest absolute Gasteiger partial charge is 0.133 e. The Bertz CT molecular complexity index is 419. The number of aryl methyl sites for hydroxylation is 1. The maximum absolute atomic E-state index is 9.78. The van der Waals surface area contributed by atoms with Gasteiger partial charge in [-0.25, -0.2) is 0 Å². The van der Waals surface area contributed by atoms with Crippen LogP contribution in [0.3, 0.4) is 0 Å². The molecule has 0 spiro atoms. The van der Waals surface area contributed by atoms with Crippen LogP contribution in [-0.2, 0) is 6.54 Å². The normalized spacial score (nSPS) is 12.9. The van der Waals surface area contributed by atoms with Crippen LogP contribution in [0.1, 0.15) is 23.4 Å². The quantitative estimate of drug-likeness (QED) is 0.810. The molecule has 4 heteroatoms. The molecule has 2 N–H and O–H groups in total. The minimum Gasteiger partial charge on any atom is -0.468 e. The average molecular weight is 221 g/mol. The van der Waals surface area contributed by atoms with Crippen LogP contribution in [0.4, 0.5) is 0 Å². The second-order valence-corrected chi connectivity index (χ2v) is 3.67. The summed E-state index contributed by atoms with van der Waals surface area (Å²) in [5.74, 6) is 2.24. The first-order valence-corrected chi connectivity index (χ1v) is 5.23. The molecule has 0 aliphatic heterocycles. The van der Waals surface area contributed by atoms with Crippen LogP contribution in [0.25, 0.3) is 0 Å². The van der Waals surface area contributed by atoms with Gasteiger partial charge in [-0.15, -0.1) is 0 Å². The van der Waals surface area contributed by atoms with E-state index < -0.39 is 6.10 Å². The molecule has 0 saturated carbocycles. The first-order valence-electron chi connectivity index (χ1n) is 5.23. The van der Waals surface area contributed by atoms with E-state index in [-0.39, 0.29) is 0 Å². The zero-order chi connectivity index (χ0) is 11.4. The molecule has 0 aliphatic carbocycles. The summed E-state index contributed by atoms with van der Waals surface area (Å²) in [5, 5.41) is 12.9. The third kappa shape index (κ3) is 2.74. The van der Waals surface area contributed by atoms with Crippen molar-refractivity contribution < 1.29 is 13.9 Å². The van der Waals surface area contributed by atoms with Crippen LogP contribution in [-0.4, -0.2) is 11.7 Å². The van der Waals surface area contributed by atoms with Crippen LogP contribution in [0.2, 0.25) is 0 Å². The molecule has 86 valence electrons. The van der Waals surface area contributed by atoms with Crippen molar-refractivity contribution in [1.82, 2.24) is 5.32 Å². The fourth-order valence-electron chi connectivity index (χ4n) is 1.48. The predicted octanol–water partition coefficient (Wildman–Crippen LogP) is 2.00. The van der Waals surface area contributed by atoms with Gasteiger partial charge in [0, 0.05) is 6.54 Å². The summed E-state index contributed by atoms with van der Waals surface area (Å²) < 4.78 is 10.5. The first kappa shape index (κ1) is 11.0. The van der Waals surface area contributed by atoms with E-state index in [1.54, 1.807) is 12.3 Å². The molecule has 2 rings (SSSR count). The van der Waals surface area contributed by atoms with E-state index in [1.807, 2.05) is 25.1 Å². The predicted molar refractivity (Wildman–Crippen MR) is 58.8 cm³/mol. The van der Waals surface area contributed by atoms with Crippen molar-refractivity contribution in [2.45, 2.75) is 19.6 Å². The highest BCUT2D eigenvalue weighted by Gasteiger charge is 2.10. The van der Waals surface area contributed by atoms with E-state index in [4.69, 9.17) is 8.83 Å². The lowest BCUT2D eigenvalue weighted by Crippen LogP contribution is -2.20. The van der Waals surface area contributed by atoms with E-state index in [1.165, 1.54) is 0 Å². The molecule has 1 unspecified atom stereocenters. The molecule has 2 aromatic heterocycles. The second kappa shape index (κ2) is 5.01. The molecule has 0 radical (unpaired) electrons. The van der Waals surface area contributed by atoms with Gasteiger partial charge < -0.3 is 19.3 Å². The Labute approximate surface area is 93.9 Å². The van der Waals surface area contributed by atoms with Gasteiger partial charge in [0.1, 0.15) is 23.4 Å². The summed E-state index contributed by atoms with van der Waals surface area (Å²) >= 11 is 0. The van der Waals surface area contributed by atoms with Gasteiger partial charge in [0.25, 0.3) is 0 Å². The standard InChI is InChI=1S/C12H15NO3/c1-9-4-5-12(16-9)11(14)8-13-7-10-3-2-6-15-10/h2-6,11,13-14H,7-8H2,1H3. The van der Waals surface area contributed by atoms with Gasteiger partial charge >= 0.3 is 0 Å². The first-order chi connectivity index (χ1) is 7.75. The van der Waals surface area contributed by atoms with E-state index in [2.05, 4.69) is 5.32 Å². The highest BCUT2D eigenvalue weighted by atomic mass is 16.4. The number of hydrogen-bond acceptors (Lipinski definition) is 4. The van der Waals surface area contributed by atoms with Crippen LogP contribution in [0.15, 0.2) is 39.4 Å². The molecule has 16 heavy (non-hydrogen) atoms. The molecule has 2 heterocycles. The van der Waals surface area contributed by atoms with Crippen molar-refractivity contribution in [2.75, 3.05) is 6.54 Å². The minimum atomic E-state index is -0.622. The van der Waals surface area contributed by atoms with Crippen molar-refractivity contribution >= 4 is 0 Å². The molecule has 0 saturated heterocycles. The van der Waals surface area contributed by atoms with Gasteiger partial charge in [-0.3, -0.25) is 0 Å². The molecule has 2 aromatic rings.